The van der Waals surface area contributed by atoms with Crippen molar-refractivity contribution < 1.29 is 18.0 Å². The molecule has 0 unspecified atom stereocenters. The number of carbonyl (C=O) groups excluding carboxylic acids is 1. The summed E-state index contributed by atoms with van der Waals surface area (Å²) in [7, 11) is 1.30. The standard InChI is InChI=1S/C17H22F3N3OS/c1-9(25-15-22-21-14(23(15)2)17(18,19)20)13(24)16-6-10-3-11(7-16)5-12(4-10)8-16/h9-12H,3-8H2,1-2H3/t9-,10?,11?,12?,16?/m1/s1. The second kappa shape index (κ2) is 5.72. The Morgan fingerprint density at radius 3 is 2.12 bits per heavy atom. The van der Waals surface area contributed by atoms with E-state index in [2.05, 4.69) is 10.2 Å². The first kappa shape index (κ1) is 17.4. The lowest BCUT2D eigenvalue weighted by atomic mass is 9.48. The van der Waals surface area contributed by atoms with E-state index in [1.807, 2.05) is 0 Å². The van der Waals surface area contributed by atoms with E-state index in [0.29, 0.717) is 17.8 Å². The summed E-state index contributed by atoms with van der Waals surface area (Å²) in [5.41, 5.74) is -0.243. The first-order valence-corrected chi connectivity index (χ1v) is 9.73. The average molecular weight is 373 g/mol. The third kappa shape index (κ3) is 2.90. The van der Waals surface area contributed by atoms with Gasteiger partial charge in [-0.2, -0.15) is 13.2 Å². The Hall–Kier alpha value is -1.05. The summed E-state index contributed by atoms with van der Waals surface area (Å²) in [6.45, 7) is 1.80. The number of nitrogens with zero attached hydrogens (tertiary/aromatic N) is 3. The minimum absolute atomic E-state index is 0.151. The molecule has 8 heteroatoms. The van der Waals surface area contributed by atoms with Crippen LogP contribution in [-0.2, 0) is 18.0 Å². The van der Waals surface area contributed by atoms with Crippen LogP contribution >= 0.6 is 11.8 Å². The Labute approximate surface area is 148 Å². The molecule has 1 aromatic rings. The van der Waals surface area contributed by atoms with Gasteiger partial charge in [0, 0.05) is 12.5 Å². The summed E-state index contributed by atoms with van der Waals surface area (Å²) in [4.78, 5) is 13.2. The Balaban J connectivity index is 1.51. The molecule has 0 amide bonds. The van der Waals surface area contributed by atoms with Crippen molar-refractivity contribution >= 4 is 17.5 Å². The number of aromatic nitrogens is 3. The maximum absolute atomic E-state index is 13.2. The minimum Gasteiger partial charge on any atom is -0.302 e. The van der Waals surface area contributed by atoms with Gasteiger partial charge in [-0.3, -0.25) is 4.79 Å². The summed E-state index contributed by atoms with van der Waals surface area (Å²) in [5, 5.41) is 6.65. The van der Waals surface area contributed by atoms with E-state index in [-0.39, 0.29) is 16.4 Å². The molecule has 0 radical (unpaired) electrons. The fraction of sp³-hybridized carbons (Fsp3) is 0.824. The van der Waals surface area contributed by atoms with Crippen molar-refractivity contribution in [1.29, 1.82) is 0 Å². The van der Waals surface area contributed by atoms with E-state index < -0.39 is 17.3 Å². The molecule has 1 heterocycles. The summed E-state index contributed by atoms with van der Waals surface area (Å²) >= 11 is 1.10. The quantitative estimate of drug-likeness (QED) is 0.746. The minimum atomic E-state index is -4.53. The van der Waals surface area contributed by atoms with Crippen molar-refractivity contribution in [2.45, 2.75) is 62.0 Å². The number of halogens is 3. The molecule has 1 atom stereocenters. The van der Waals surface area contributed by atoms with Gasteiger partial charge in [-0.25, -0.2) is 0 Å². The number of alkyl halides is 3. The van der Waals surface area contributed by atoms with Gasteiger partial charge in [0.2, 0.25) is 5.82 Å². The van der Waals surface area contributed by atoms with Gasteiger partial charge in [0.15, 0.2) is 10.9 Å². The van der Waals surface area contributed by atoms with E-state index in [4.69, 9.17) is 0 Å². The van der Waals surface area contributed by atoms with Crippen molar-refractivity contribution in [3.63, 3.8) is 0 Å². The zero-order valence-corrected chi connectivity index (χ0v) is 15.2. The van der Waals surface area contributed by atoms with Crippen molar-refractivity contribution in [2.24, 2.45) is 30.2 Å². The van der Waals surface area contributed by atoms with Crippen molar-refractivity contribution in [2.75, 3.05) is 0 Å². The van der Waals surface area contributed by atoms with Crippen molar-refractivity contribution in [1.82, 2.24) is 14.8 Å². The van der Waals surface area contributed by atoms with Crippen LogP contribution < -0.4 is 0 Å². The first-order chi connectivity index (χ1) is 11.7. The van der Waals surface area contributed by atoms with Gasteiger partial charge < -0.3 is 4.57 Å². The number of rotatable bonds is 4. The molecule has 0 aliphatic heterocycles. The highest BCUT2D eigenvalue weighted by atomic mass is 32.2. The molecular formula is C17H22F3N3OS. The Kier molecular flexibility index (Phi) is 3.98. The molecule has 0 spiro atoms. The third-order valence-corrected chi connectivity index (χ3v) is 7.43. The molecule has 138 valence electrons. The van der Waals surface area contributed by atoms with E-state index in [1.165, 1.54) is 26.3 Å². The zero-order valence-electron chi connectivity index (χ0n) is 14.3. The number of hydrogen-bond acceptors (Lipinski definition) is 4. The second-order valence-electron chi connectivity index (χ2n) is 8.19. The molecule has 4 aliphatic rings. The number of thioether (sulfide) groups is 1. The maximum atomic E-state index is 13.2. The highest BCUT2D eigenvalue weighted by Crippen LogP contribution is 2.61. The maximum Gasteiger partial charge on any atom is 0.451 e. The molecule has 5 rings (SSSR count). The highest BCUT2D eigenvalue weighted by Gasteiger charge is 2.55. The molecule has 4 bridgehead atoms. The Bertz CT molecular complexity index is 665. The number of carbonyl (C=O) groups is 1. The molecule has 25 heavy (non-hydrogen) atoms. The van der Waals surface area contributed by atoms with Crippen LogP contribution in [-0.4, -0.2) is 25.8 Å². The molecule has 0 aromatic carbocycles. The van der Waals surface area contributed by atoms with Crippen LogP contribution in [0.3, 0.4) is 0 Å². The molecule has 4 aliphatic carbocycles. The highest BCUT2D eigenvalue weighted by molar-refractivity contribution is 8.00. The zero-order chi connectivity index (χ0) is 18.0. The predicted molar refractivity (Wildman–Crippen MR) is 86.9 cm³/mol. The van der Waals surface area contributed by atoms with Crippen LogP contribution in [0, 0.1) is 23.2 Å². The van der Waals surface area contributed by atoms with E-state index in [9.17, 15) is 18.0 Å². The Morgan fingerprint density at radius 2 is 1.68 bits per heavy atom. The monoisotopic (exact) mass is 373 g/mol. The van der Waals surface area contributed by atoms with E-state index in [1.54, 1.807) is 6.92 Å². The van der Waals surface area contributed by atoms with Gasteiger partial charge in [-0.05, 0) is 63.2 Å². The van der Waals surface area contributed by atoms with Gasteiger partial charge in [-0.1, -0.05) is 11.8 Å². The summed E-state index contributed by atoms with van der Waals surface area (Å²) in [5.74, 6) is 1.18. The lowest BCUT2D eigenvalue weighted by Crippen LogP contribution is -2.51. The van der Waals surface area contributed by atoms with Crippen LogP contribution in [0.5, 0.6) is 0 Å². The smallest absolute Gasteiger partial charge is 0.302 e. The average Bonchev–Trinajstić information content (AvgIpc) is 2.86. The fourth-order valence-corrected chi connectivity index (χ4v) is 6.73. The molecule has 0 N–H and O–H groups in total. The number of ketones is 1. The Morgan fingerprint density at radius 1 is 1.16 bits per heavy atom. The van der Waals surface area contributed by atoms with Crippen LogP contribution in [0.4, 0.5) is 13.2 Å². The van der Waals surface area contributed by atoms with E-state index in [0.717, 1.165) is 35.6 Å². The summed E-state index contributed by atoms with van der Waals surface area (Å²) < 4.78 is 39.5. The van der Waals surface area contributed by atoms with Crippen LogP contribution in [0.15, 0.2) is 5.16 Å². The fourth-order valence-electron chi connectivity index (χ4n) is 5.72. The molecule has 1 aromatic heterocycles. The van der Waals surface area contributed by atoms with Crippen molar-refractivity contribution in [3.8, 4) is 0 Å². The van der Waals surface area contributed by atoms with Crippen LogP contribution in [0.2, 0.25) is 0 Å². The molecule has 0 saturated heterocycles. The first-order valence-electron chi connectivity index (χ1n) is 8.85. The van der Waals surface area contributed by atoms with Crippen LogP contribution in [0.25, 0.3) is 0 Å². The topological polar surface area (TPSA) is 47.8 Å². The number of Topliss-reactive ketones (excluding diaryl/α,β-unsaturated/α-hetero) is 1. The van der Waals surface area contributed by atoms with Gasteiger partial charge >= 0.3 is 6.18 Å². The normalized spacial score (nSPS) is 35.2. The number of hydrogen-bond donors (Lipinski definition) is 0. The lowest BCUT2D eigenvalue weighted by molar-refractivity contribution is -0.147. The van der Waals surface area contributed by atoms with Gasteiger partial charge in [0.05, 0.1) is 5.25 Å². The van der Waals surface area contributed by atoms with E-state index >= 15 is 0 Å². The third-order valence-electron chi connectivity index (χ3n) is 6.30. The SMILES string of the molecule is C[C@@H](Sc1nnc(C(F)(F)F)n1C)C(=O)C12CC3CC(CC(C3)C1)C2. The predicted octanol–water partition coefficient (Wildman–Crippen LogP) is 4.10. The lowest BCUT2D eigenvalue weighted by Gasteiger charge is -2.56. The van der Waals surface area contributed by atoms with Gasteiger partial charge in [-0.15, -0.1) is 10.2 Å². The van der Waals surface area contributed by atoms with Crippen LogP contribution in [0.1, 0.15) is 51.3 Å². The van der Waals surface area contributed by atoms with Crippen molar-refractivity contribution in [3.05, 3.63) is 5.82 Å². The summed E-state index contributed by atoms with van der Waals surface area (Å²) in [6, 6.07) is 0. The van der Waals surface area contributed by atoms with Gasteiger partial charge in [0.25, 0.3) is 0 Å². The molecular weight excluding hydrogens is 351 g/mol. The molecule has 4 fully saturated rings. The summed E-state index contributed by atoms with van der Waals surface area (Å²) in [6.07, 6.45) is 2.14. The van der Waals surface area contributed by atoms with Gasteiger partial charge in [0.1, 0.15) is 0 Å². The molecule has 4 saturated carbocycles. The molecule has 4 nitrogen and oxygen atoms in total. The second-order valence-corrected chi connectivity index (χ2v) is 9.49. The largest absolute Gasteiger partial charge is 0.451 e.